The van der Waals surface area contributed by atoms with E-state index in [4.69, 9.17) is 5.11 Å². The molecule has 0 saturated heterocycles. The number of aromatic nitrogens is 3. The number of nitrogens with one attached hydrogen (secondary N) is 1. The predicted molar refractivity (Wildman–Crippen MR) is 45.8 cm³/mol. The standard InChI is InChI=1S/C7H8N4O3/c1-5(7(13)14)2-6(12)10-11-3-8-9-4-11/h2-4H,1H3,(H,10,12)(H,13,14). The number of carboxylic acids is 1. The minimum absolute atomic E-state index is 0.0458. The smallest absolute Gasteiger partial charge is 0.331 e. The van der Waals surface area contributed by atoms with E-state index in [1.54, 1.807) is 0 Å². The Kier molecular flexibility index (Phi) is 2.95. The summed E-state index contributed by atoms with van der Waals surface area (Å²) in [5.41, 5.74) is 2.27. The van der Waals surface area contributed by atoms with E-state index < -0.39 is 11.9 Å². The summed E-state index contributed by atoms with van der Waals surface area (Å²) in [7, 11) is 0. The topological polar surface area (TPSA) is 97.1 Å². The molecule has 7 heteroatoms. The summed E-state index contributed by atoms with van der Waals surface area (Å²) in [4.78, 5) is 21.5. The normalized spacial score (nSPS) is 11.1. The van der Waals surface area contributed by atoms with Crippen molar-refractivity contribution < 1.29 is 14.7 Å². The molecular weight excluding hydrogens is 188 g/mol. The van der Waals surface area contributed by atoms with E-state index in [0.717, 1.165) is 6.08 Å². The molecule has 1 amide bonds. The lowest BCUT2D eigenvalue weighted by Gasteiger charge is -2.00. The summed E-state index contributed by atoms with van der Waals surface area (Å²) < 4.78 is 1.22. The van der Waals surface area contributed by atoms with Crippen LogP contribution in [0.25, 0.3) is 0 Å². The van der Waals surface area contributed by atoms with E-state index in [2.05, 4.69) is 15.6 Å². The van der Waals surface area contributed by atoms with Gasteiger partial charge in [0.1, 0.15) is 12.7 Å². The number of hydrogen-bond donors (Lipinski definition) is 2. The SMILES string of the molecule is CC(=CC(=O)Nn1cnnc1)C(=O)O. The molecule has 14 heavy (non-hydrogen) atoms. The first-order valence-corrected chi connectivity index (χ1v) is 3.67. The minimum atomic E-state index is -1.14. The van der Waals surface area contributed by atoms with Gasteiger partial charge in [0.2, 0.25) is 0 Å². The maximum absolute atomic E-state index is 11.1. The van der Waals surface area contributed by atoms with Gasteiger partial charge in [0.05, 0.1) is 0 Å². The molecule has 0 aliphatic carbocycles. The minimum Gasteiger partial charge on any atom is -0.478 e. The van der Waals surface area contributed by atoms with E-state index >= 15 is 0 Å². The molecule has 0 aliphatic rings. The Labute approximate surface area is 79.0 Å². The van der Waals surface area contributed by atoms with Crippen LogP contribution < -0.4 is 5.43 Å². The van der Waals surface area contributed by atoms with Gasteiger partial charge in [-0.05, 0) is 6.92 Å². The quantitative estimate of drug-likeness (QED) is 0.628. The largest absolute Gasteiger partial charge is 0.478 e. The van der Waals surface area contributed by atoms with Gasteiger partial charge < -0.3 is 5.11 Å². The third kappa shape index (κ3) is 2.70. The van der Waals surface area contributed by atoms with Crippen LogP contribution in [0.4, 0.5) is 0 Å². The van der Waals surface area contributed by atoms with Gasteiger partial charge in [-0.1, -0.05) is 0 Å². The van der Waals surface area contributed by atoms with Crippen LogP contribution in [0.5, 0.6) is 0 Å². The summed E-state index contributed by atoms with van der Waals surface area (Å²) in [5, 5.41) is 15.4. The van der Waals surface area contributed by atoms with Crippen LogP contribution in [0.2, 0.25) is 0 Å². The van der Waals surface area contributed by atoms with Crippen LogP contribution in [0.1, 0.15) is 6.92 Å². The monoisotopic (exact) mass is 196 g/mol. The van der Waals surface area contributed by atoms with Crippen molar-refractivity contribution >= 4 is 11.9 Å². The summed E-state index contributed by atoms with van der Waals surface area (Å²) in [5.74, 6) is -1.69. The number of aliphatic carboxylic acids is 1. The number of amides is 1. The fourth-order valence-electron chi connectivity index (χ4n) is 0.676. The van der Waals surface area contributed by atoms with Gasteiger partial charge in [0, 0.05) is 11.6 Å². The van der Waals surface area contributed by atoms with Crippen LogP contribution >= 0.6 is 0 Å². The Morgan fingerprint density at radius 2 is 2.00 bits per heavy atom. The van der Waals surface area contributed by atoms with Crippen molar-refractivity contribution in [3.63, 3.8) is 0 Å². The average molecular weight is 196 g/mol. The van der Waals surface area contributed by atoms with Crippen LogP contribution in [-0.4, -0.2) is 31.9 Å². The molecule has 7 nitrogen and oxygen atoms in total. The predicted octanol–water partition coefficient (Wildman–Crippen LogP) is -0.621. The van der Waals surface area contributed by atoms with E-state index in [1.807, 2.05) is 0 Å². The van der Waals surface area contributed by atoms with Crippen molar-refractivity contribution in [2.45, 2.75) is 6.92 Å². The molecule has 0 radical (unpaired) electrons. The highest BCUT2D eigenvalue weighted by Gasteiger charge is 2.03. The first-order valence-electron chi connectivity index (χ1n) is 3.67. The van der Waals surface area contributed by atoms with Crippen LogP contribution in [0, 0.1) is 0 Å². The number of rotatable bonds is 3. The lowest BCUT2D eigenvalue weighted by Crippen LogP contribution is -2.20. The lowest BCUT2D eigenvalue weighted by atomic mass is 10.3. The van der Waals surface area contributed by atoms with Gasteiger partial charge in [-0.15, -0.1) is 10.2 Å². The highest BCUT2D eigenvalue weighted by Crippen LogP contribution is 1.91. The Balaban J connectivity index is 2.60. The molecule has 0 saturated carbocycles. The summed E-state index contributed by atoms with van der Waals surface area (Å²) in [6, 6.07) is 0. The maximum atomic E-state index is 11.1. The summed E-state index contributed by atoms with van der Waals surface area (Å²) in [6.07, 6.45) is 3.53. The molecule has 0 atom stereocenters. The lowest BCUT2D eigenvalue weighted by molar-refractivity contribution is -0.132. The van der Waals surface area contributed by atoms with Crippen LogP contribution in [0.15, 0.2) is 24.3 Å². The molecule has 1 aromatic heterocycles. The van der Waals surface area contributed by atoms with Gasteiger partial charge >= 0.3 is 5.97 Å². The molecule has 1 heterocycles. The molecule has 0 fully saturated rings. The van der Waals surface area contributed by atoms with Gasteiger partial charge in [0.15, 0.2) is 0 Å². The zero-order valence-corrected chi connectivity index (χ0v) is 7.34. The highest BCUT2D eigenvalue weighted by molar-refractivity contribution is 6.00. The fraction of sp³-hybridized carbons (Fsp3) is 0.143. The van der Waals surface area contributed by atoms with Crippen LogP contribution in [0.3, 0.4) is 0 Å². The molecular formula is C7H8N4O3. The fourth-order valence-corrected chi connectivity index (χ4v) is 0.676. The first kappa shape index (κ1) is 9.90. The highest BCUT2D eigenvalue weighted by atomic mass is 16.4. The Hall–Kier alpha value is -2.18. The molecule has 1 aromatic rings. The van der Waals surface area contributed by atoms with E-state index in [0.29, 0.717) is 0 Å². The van der Waals surface area contributed by atoms with Crippen molar-refractivity contribution in [1.82, 2.24) is 14.9 Å². The van der Waals surface area contributed by atoms with Crippen LogP contribution in [-0.2, 0) is 9.59 Å². The number of carbonyl (C=O) groups is 2. The molecule has 0 aliphatic heterocycles. The summed E-state index contributed by atoms with van der Waals surface area (Å²) >= 11 is 0. The zero-order chi connectivity index (χ0) is 10.6. The molecule has 74 valence electrons. The Morgan fingerprint density at radius 1 is 1.43 bits per heavy atom. The zero-order valence-electron chi connectivity index (χ0n) is 7.34. The van der Waals surface area contributed by atoms with Gasteiger partial charge in [-0.25, -0.2) is 9.47 Å². The molecule has 0 unspecified atom stereocenters. The molecule has 0 spiro atoms. The van der Waals surface area contributed by atoms with Crippen molar-refractivity contribution in [3.05, 3.63) is 24.3 Å². The van der Waals surface area contributed by atoms with Crippen molar-refractivity contribution in [2.75, 3.05) is 5.43 Å². The van der Waals surface area contributed by atoms with Crippen molar-refractivity contribution in [3.8, 4) is 0 Å². The van der Waals surface area contributed by atoms with E-state index in [9.17, 15) is 9.59 Å². The summed E-state index contributed by atoms with van der Waals surface area (Å²) in [6.45, 7) is 1.33. The van der Waals surface area contributed by atoms with E-state index in [-0.39, 0.29) is 5.57 Å². The Morgan fingerprint density at radius 3 is 2.50 bits per heavy atom. The third-order valence-corrected chi connectivity index (χ3v) is 1.34. The van der Waals surface area contributed by atoms with Gasteiger partial charge in [0.25, 0.3) is 5.91 Å². The molecule has 0 aromatic carbocycles. The number of nitrogens with zero attached hydrogens (tertiary/aromatic N) is 3. The maximum Gasteiger partial charge on any atom is 0.331 e. The first-order chi connectivity index (χ1) is 6.59. The Bertz CT molecular complexity index is 368. The molecule has 0 bridgehead atoms. The number of carboxylic acid groups (broad SMARTS) is 1. The average Bonchev–Trinajstić information content (AvgIpc) is 2.56. The van der Waals surface area contributed by atoms with Crippen molar-refractivity contribution in [1.29, 1.82) is 0 Å². The molecule has 1 rings (SSSR count). The van der Waals surface area contributed by atoms with Gasteiger partial charge in [-0.3, -0.25) is 10.2 Å². The van der Waals surface area contributed by atoms with E-state index in [1.165, 1.54) is 24.3 Å². The second kappa shape index (κ2) is 4.17. The number of carbonyl (C=O) groups excluding carboxylic acids is 1. The second-order valence-electron chi connectivity index (χ2n) is 2.48. The van der Waals surface area contributed by atoms with Gasteiger partial charge in [-0.2, -0.15) is 0 Å². The second-order valence-corrected chi connectivity index (χ2v) is 2.48. The molecule has 2 N–H and O–H groups in total. The number of hydrogen-bond acceptors (Lipinski definition) is 4. The third-order valence-electron chi connectivity index (χ3n) is 1.34. The van der Waals surface area contributed by atoms with Crippen molar-refractivity contribution in [2.24, 2.45) is 0 Å².